The summed E-state index contributed by atoms with van der Waals surface area (Å²) in [7, 11) is -3.84. The molecule has 3 N–H and O–H groups in total. The average molecular weight is 363 g/mol. The summed E-state index contributed by atoms with van der Waals surface area (Å²) in [5, 5.41) is 7.90. The smallest absolute Gasteiger partial charge is 0.252 e. The molecule has 20 heavy (non-hydrogen) atoms. The molecule has 8 heteroatoms. The number of benzene rings is 1. The summed E-state index contributed by atoms with van der Waals surface area (Å²) >= 11 is 3.23. The molecule has 2 rings (SSSR count). The maximum Gasteiger partial charge on any atom is 0.252 e. The number of primary sulfonamides is 1. The van der Waals surface area contributed by atoms with Crippen molar-refractivity contribution in [3.63, 3.8) is 0 Å². The summed E-state index contributed by atoms with van der Waals surface area (Å²) in [6, 6.07) is 4.02. The molecule has 2 unspecified atom stereocenters. The summed E-state index contributed by atoms with van der Waals surface area (Å²) < 4.78 is 28.5. The van der Waals surface area contributed by atoms with Gasteiger partial charge in [-0.2, -0.15) is 0 Å². The number of hydrogen-bond acceptors (Lipinski definition) is 4. The van der Waals surface area contributed by atoms with E-state index < -0.39 is 10.0 Å². The van der Waals surface area contributed by atoms with Gasteiger partial charge in [-0.3, -0.25) is 4.79 Å². The van der Waals surface area contributed by atoms with Crippen molar-refractivity contribution in [3.8, 4) is 0 Å². The fourth-order valence-electron chi connectivity index (χ4n) is 2.02. The van der Waals surface area contributed by atoms with Crippen molar-refractivity contribution in [3.05, 3.63) is 28.2 Å². The standard InChI is InChI=1S/C12H15BrN2O4S/c1-7-11(4-5-19-7)15-12(16)9-6-8(20(14,17)18)2-3-10(9)13/h2-3,6-7,11H,4-5H2,1H3,(H,15,16)(H2,14,17,18). The molecule has 0 radical (unpaired) electrons. The Bertz CT molecular complexity index is 632. The third-order valence-corrected chi connectivity index (χ3v) is 4.81. The predicted molar refractivity (Wildman–Crippen MR) is 76.8 cm³/mol. The highest BCUT2D eigenvalue weighted by Crippen LogP contribution is 2.21. The lowest BCUT2D eigenvalue weighted by Gasteiger charge is -2.16. The lowest BCUT2D eigenvalue weighted by molar-refractivity contribution is 0.0865. The minimum atomic E-state index is -3.84. The van der Waals surface area contributed by atoms with Gasteiger partial charge >= 0.3 is 0 Å². The van der Waals surface area contributed by atoms with Crippen LogP contribution in [0.5, 0.6) is 0 Å². The van der Waals surface area contributed by atoms with Crippen molar-refractivity contribution < 1.29 is 17.9 Å². The number of sulfonamides is 1. The van der Waals surface area contributed by atoms with E-state index in [1.165, 1.54) is 18.2 Å². The van der Waals surface area contributed by atoms with Gasteiger partial charge in [-0.15, -0.1) is 0 Å². The van der Waals surface area contributed by atoms with Crippen LogP contribution in [0.1, 0.15) is 23.7 Å². The zero-order chi connectivity index (χ0) is 14.9. The topological polar surface area (TPSA) is 98.5 Å². The third kappa shape index (κ3) is 3.38. The first-order chi connectivity index (χ1) is 9.29. The molecule has 1 fully saturated rings. The number of carbonyl (C=O) groups excluding carboxylic acids is 1. The van der Waals surface area contributed by atoms with Gasteiger partial charge in [-0.1, -0.05) is 0 Å². The van der Waals surface area contributed by atoms with Crippen molar-refractivity contribution in [1.29, 1.82) is 0 Å². The van der Waals surface area contributed by atoms with Gasteiger partial charge < -0.3 is 10.1 Å². The number of amides is 1. The Morgan fingerprint density at radius 3 is 2.75 bits per heavy atom. The van der Waals surface area contributed by atoms with Gasteiger partial charge in [0.25, 0.3) is 5.91 Å². The van der Waals surface area contributed by atoms with E-state index in [2.05, 4.69) is 21.2 Å². The highest BCUT2D eigenvalue weighted by atomic mass is 79.9. The van der Waals surface area contributed by atoms with E-state index in [1.54, 1.807) is 0 Å². The normalized spacial score (nSPS) is 22.8. The molecule has 0 spiro atoms. The van der Waals surface area contributed by atoms with Crippen molar-refractivity contribution in [2.24, 2.45) is 5.14 Å². The zero-order valence-electron chi connectivity index (χ0n) is 10.8. The van der Waals surface area contributed by atoms with E-state index in [1.807, 2.05) is 6.92 Å². The second-order valence-electron chi connectivity index (χ2n) is 4.63. The largest absolute Gasteiger partial charge is 0.376 e. The van der Waals surface area contributed by atoms with Crippen LogP contribution in [0.25, 0.3) is 0 Å². The first-order valence-electron chi connectivity index (χ1n) is 6.04. The molecule has 1 saturated heterocycles. The molecule has 0 bridgehead atoms. The Morgan fingerprint density at radius 2 is 2.20 bits per heavy atom. The quantitative estimate of drug-likeness (QED) is 0.837. The number of nitrogens with two attached hydrogens (primary N) is 1. The van der Waals surface area contributed by atoms with Crippen LogP contribution in [0.3, 0.4) is 0 Å². The van der Waals surface area contributed by atoms with Crippen molar-refractivity contribution in [2.75, 3.05) is 6.61 Å². The summed E-state index contributed by atoms with van der Waals surface area (Å²) in [5.41, 5.74) is 0.232. The highest BCUT2D eigenvalue weighted by molar-refractivity contribution is 9.10. The number of halogens is 1. The summed E-state index contributed by atoms with van der Waals surface area (Å²) in [6.45, 7) is 2.48. The Kier molecular flexibility index (Phi) is 4.48. The number of nitrogens with one attached hydrogen (secondary N) is 1. The van der Waals surface area contributed by atoms with E-state index in [0.717, 1.165) is 6.42 Å². The van der Waals surface area contributed by atoms with Gasteiger partial charge in [0.1, 0.15) is 0 Å². The van der Waals surface area contributed by atoms with Gasteiger partial charge in [-0.25, -0.2) is 13.6 Å². The molecule has 1 aromatic rings. The fraction of sp³-hybridized carbons (Fsp3) is 0.417. The number of rotatable bonds is 3. The van der Waals surface area contributed by atoms with Crippen LogP contribution in [-0.2, 0) is 14.8 Å². The van der Waals surface area contributed by atoms with E-state index in [9.17, 15) is 13.2 Å². The number of hydrogen-bond donors (Lipinski definition) is 2. The monoisotopic (exact) mass is 362 g/mol. The van der Waals surface area contributed by atoms with Crippen molar-refractivity contribution in [1.82, 2.24) is 5.32 Å². The molecule has 1 heterocycles. The molecule has 110 valence electrons. The van der Waals surface area contributed by atoms with Crippen LogP contribution >= 0.6 is 15.9 Å². The molecule has 0 aromatic heterocycles. The number of carbonyl (C=O) groups is 1. The Labute approximate surface area is 125 Å². The zero-order valence-corrected chi connectivity index (χ0v) is 13.2. The van der Waals surface area contributed by atoms with Gasteiger partial charge in [0, 0.05) is 11.1 Å². The van der Waals surface area contributed by atoms with Crippen LogP contribution < -0.4 is 10.5 Å². The predicted octanol–water partition coefficient (Wildman–Crippen LogP) is 1.00. The molecule has 1 amide bonds. The Morgan fingerprint density at radius 1 is 1.50 bits per heavy atom. The molecule has 0 saturated carbocycles. The minimum Gasteiger partial charge on any atom is -0.376 e. The number of ether oxygens (including phenoxy) is 1. The van der Waals surface area contributed by atoms with Crippen molar-refractivity contribution in [2.45, 2.75) is 30.4 Å². The summed E-state index contributed by atoms with van der Waals surface area (Å²) in [5.74, 6) is -0.357. The molecular formula is C12H15BrN2O4S. The Balaban J connectivity index is 2.25. The molecule has 2 atom stereocenters. The maximum absolute atomic E-state index is 12.2. The van der Waals surface area contributed by atoms with Crippen LogP contribution in [0.4, 0.5) is 0 Å². The van der Waals surface area contributed by atoms with Gasteiger partial charge in [0.2, 0.25) is 10.0 Å². The maximum atomic E-state index is 12.2. The molecule has 1 aromatic carbocycles. The second kappa shape index (κ2) is 5.80. The SMILES string of the molecule is CC1OCCC1NC(=O)c1cc(S(N)(=O)=O)ccc1Br. The summed E-state index contributed by atoms with van der Waals surface area (Å²) in [6.07, 6.45) is 0.679. The van der Waals surface area contributed by atoms with E-state index in [-0.39, 0.29) is 28.5 Å². The summed E-state index contributed by atoms with van der Waals surface area (Å²) in [4.78, 5) is 12.1. The lowest BCUT2D eigenvalue weighted by atomic mass is 10.1. The fourth-order valence-corrected chi connectivity index (χ4v) is 2.99. The van der Waals surface area contributed by atoms with E-state index in [0.29, 0.717) is 11.1 Å². The molecular weight excluding hydrogens is 348 g/mol. The van der Waals surface area contributed by atoms with Crippen LogP contribution in [-0.4, -0.2) is 33.1 Å². The van der Waals surface area contributed by atoms with E-state index >= 15 is 0 Å². The first-order valence-corrected chi connectivity index (χ1v) is 8.38. The van der Waals surface area contributed by atoms with Crippen LogP contribution in [0, 0.1) is 0 Å². The third-order valence-electron chi connectivity index (χ3n) is 3.20. The van der Waals surface area contributed by atoms with Gasteiger partial charge in [0.15, 0.2) is 0 Å². The molecule has 0 aliphatic carbocycles. The van der Waals surface area contributed by atoms with Crippen molar-refractivity contribution >= 4 is 31.9 Å². The van der Waals surface area contributed by atoms with Crippen LogP contribution in [0.15, 0.2) is 27.6 Å². The minimum absolute atomic E-state index is 0.0563. The highest BCUT2D eigenvalue weighted by Gasteiger charge is 2.27. The first kappa shape index (κ1) is 15.4. The average Bonchev–Trinajstić information content (AvgIpc) is 2.74. The molecule has 6 nitrogen and oxygen atoms in total. The van der Waals surface area contributed by atoms with Crippen LogP contribution in [0.2, 0.25) is 0 Å². The molecule has 1 aliphatic rings. The van der Waals surface area contributed by atoms with E-state index in [4.69, 9.17) is 9.88 Å². The van der Waals surface area contributed by atoms with Gasteiger partial charge in [-0.05, 0) is 47.5 Å². The lowest BCUT2D eigenvalue weighted by Crippen LogP contribution is -2.39. The molecule has 1 aliphatic heterocycles. The Hall–Kier alpha value is -0.960. The second-order valence-corrected chi connectivity index (χ2v) is 7.05. The van der Waals surface area contributed by atoms with Gasteiger partial charge in [0.05, 0.1) is 22.6 Å².